The van der Waals surface area contributed by atoms with Crippen LogP contribution in [0.25, 0.3) is 11.3 Å². The number of hydrogen-bond donors (Lipinski definition) is 1. The third kappa shape index (κ3) is 4.75. The first-order valence-electron chi connectivity index (χ1n) is 9.73. The number of para-hydroxylation sites is 2. The van der Waals surface area contributed by atoms with Crippen LogP contribution in [0.4, 0.5) is 0 Å². The minimum atomic E-state index is -0.794. The normalized spacial score (nSPS) is 14.9. The van der Waals surface area contributed by atoms with Crippen LogP contribution < -0.4 is 14.9 Å². The zero-order valence-corrected chi connectivity index (χ0v) is 16.7. The molecule has 1 aliphatic heterocycles. The summed E-state index contributed by atoms with van der Waals surface area (Å²) in [5, 5.41) is 3.92. The van der Waals surface area contributed by atoms with E-state index in [1.54, 1.807) is 61.5 Å². The number of esters is 1. The van der Waals surface area contributed by atoms with Gasteiger partial charge in [-0.2, -0.15) is 5.10 Å². The molecule has 3 aromatic rings. The Bertz CT molecular complexity index is 1100. The molecule has 1 aromatic heterocycles. The molecule has 0 saturated heterocycles. The highest BCUT2D eigenvalue weighted by molar-refractivity contribution is 5.90. The van der Waals surface area contributed by atoms with E-state index >= 15 is 0 Å². The Balaban J connectivity index is 1.34. The molecule has 1 aliphatic rings. The van der Waals surface area contributed by atoms with Gasteiger partial charge in [0, 0.05) is 5.56 Å². The van der Waals surface area contributed by atoms with Crippen molar-refractivity contribution in [2.24, 2.45) is 5.10 Å². The number of furan rings is 1. The van der Waals surface area contributed by atoms with Crippen LogP contribution in [0.5, 0.6) is 11.5 Å². The predicted octanol–water partition coefficient (Wildman–Crippen LogP) is 3.41. The van der Waals surface area contributed by atoms with Gasteiger partial charge in [0.1, 0.15) is 18.1 Å². The summed E-state index contributed by atoms with van der Waals surface area (Å²) in [7, 11) is 0. The van der Waals surface area contributed by atoms with Crippen LogP contribution in [0.2, 0.25) is 0 Å². The summed E-state index contributed by atoms with van der Waals surface area (Å²) in [6.45, 7) is 2.19. The minimum Gasteiger partial charge on any atom is -0.485 e. The summed E-state index contributed by atoms with van der Waals surface area (Å²) >= 11 is 0. The number of ether oxygens (including phenoxy) is 3. The number of hydrazone groups is 1. The van der Waals surface area contributed by atoms with Crippen molar-refractivity contribution in [3.63, 3.8) is 0 Å². The SMILES string of the molecule is CCOC(=O)c1ccc(-c2ccc(C=NNC(=O)[C@H]3COc4ccccc4O3)o2)cc1. The molecule has 2 heterocycles. The summed E-state index contributed by atoms with van der Waals surface area (Å²) < 4.78 is 21.8. The second kappa shape index (κ2) is 9.17. The van der Waals surface area contributed by atoms with Crippen molar-refractivity contribution in [3.05, 3.63) is 72.0 Å². The van der Waals surface area contributed by atoms with Crippen molar-refractivity contribution in [1.82, 2.24) is 5.43 Å². The molecule has 1 amide bonds. The van der Waals surface area contributed by atoms with Gasteiger partial charge < -0.3 is 18.6 Å². The second-order valence-electron chi connectivity index (χ2n) is 6.60. The molecule has 0 saturated carbocycles. The topological polar surface area (TPSA) is 99.4 Å². The Kier molecular flexibility index (Phi) is 5.98. The maximum Gasteiger partial charge on any atom is 0.338 e. The number of nitrogens with one attached hydrogen (secondary N) is 1. The summed E-state index contributed by atoms with van der Waals surface area (Å²) in [4.78, 5) is 24.0. The lowest BCUT2D eigenvalue weighted by atomic mass is 10.1. The van der Waals surface area contributed by atoms with Crippen LogP contribution in [-0.2, 0) is 9.53 Å². The van der Waals surface area contributed by atoms with Gasteiger partial charge in [0.2, 0.25) is 6.10 Å². The van der Waals surface area contributed by atoms with Crippen LogP contribution in [-0.4, -0.2) is 37.4 Å². The number of rotatable bonds is 6. The predicted molar refractivity (Wildman–Crippen MR) is 112 cm³/mol. The molecule has 0 bridgehead atoms. The molecule has 0 fully saturated rings. The van der Waals surface area contributed by atoms with Crippen molar-refractivity contribution < 1.29 is 28.2 Å². The van der Waals surface area contributed by atoms with E-state index in [2.05, 4.69) is 10.5 Å². The zero-order chi connectivity index (χ0) is 21.6. The van der Waals surface area contributed by atoms with E-state index in [-0.39, 0.29) is 12.6 Å². The Morgan fingerprint density at radius 3 is 2.65 bits per heavy atom. The van der Waals surface area contributed by atoms with Crippen molar-refractivity contribution in [2.75, 3.05) is 13.2 Å². The third-order valence-electron chi connectivity index (χ3n) is 4.47. The van der Waals surface area contributed by atoms with Gasteiger partial charge in [-0.05, 0) is 43.3 Å². The van der Waals surface area contributed by atoms with Gasteiger partial charge in [-0.15, -0.1) is 0 Å². The number of carbonyl (C=O) groups is 2. The molecule has 2 aromatic carbocycles. The van der Waals surface area contributed by atoms with E-state index in [1.807, 2.05) is 6.07 Å². The molecule has 8 nitrogen and oxygen atoms in total. The Morgan fingerprint density at radius 2 is 1.87 bits per heavy atom. The molecule has 8 heteroatoms. The van der Waals surface area contributed by atoms with Crippen LogP contribution in [0.3, 0.4) is 0 Å². The third-order valence-corrected chi connectivity index (χ3v) is 4.47. The van der Waals surface area contributed by atoms with Crippen molar-refractivity contribution in [3.8, 4) is 22.8 Å². The smallest absolute Gasteiger partial charge is 0.338 e. The summed E-state index contributed by atoms with van der Waals surface area (Å²) in [5.74, 6) is 1.38. The molecule has 0 radical (unpaired) electrons. The van der Waals surface area contributed by atoms with Crippen molar-refractivity contribution >= 4 is 18.1 Å². The van der Waals surface area contributed by atoms with Gasteiger partial charge in [0.25, 0.3) is 5.91 Å². The average Bonchev–Trinajstić information content (AvgIpc) is 3.28. The molecular weight excluding hydrogens is 400 g/mol. The minimum absolute atomic E-state index is 0.102. The molecule has 4 rings (SSSR count). The molecule has 31 heavy (non-hydrogen) atoms. The highest BCUT2D eigenvalue weighted by Gasteiger charge is 2.27. The quantitative estimate of drug-likeness (QED) is 0.373. The lowest BCUT2D eigenvalue weighted by Crippen LogP contribution is -2.42. The molecule has 1 N–H and O–H groups in total. The number of fused-ring (bicyclic) bond motifs is 1. The summed E-state index contributed by atoms with van der Waals surface area (Å²) in [6, 6.07) is 17.5. The van der Waals surface area contributed by atoms with Crippen LogP contribution >= 0.6 is 0 Å². The number of nitrogens with zero attached hydrogens (tertiary/aromatic N) is 1. The van der Waals surface area contributed by atoms with E-state index in [4.69, 9.17) is 18.6 Å². The van der Waals surface area contributed by atoms with Crippen LogP contribution in [0, 0.1) is 0 Å². The fourth-order valence-corrected chi connectivity index (χ4v) is 2.94. The molecular formula is C23H20N2O6. The van der Waals surface area contributed by atoms with Crippen LogP contribution in [0.15, 0.2) is 70.2 Å². The van der Waals surface area contributed by atoms with Gasteiger partial charge in [-0.1, -0.05) is 24.3 Å². The average molecular weight is 420 g/mol. The maximum absolute atomic E-state index is 12.3. The molecule has 0 spiro atoms. The second-order valence-corrected chi connectivity index (χ2v) is 6.60. The van der Waals surface area contributed by atoms with E-state index in [9.17, 15) is 9.59 Å². The van der Waals surface area contributed by atoms with Gasteiger partial charge >= 0.3 is 5.97 Å². The monoisotopic (exact) mass is 420 g/mol. The van der Waals surface area contributed by atoms with Gasteiger partial charge in [0.15, 0.2) is 11.5 Å². The van der Waals surface area contributed by atoms with Gasteiger partial charge in [-0.3, -0.25) is 4.79 Å². The highest BCUT2D eigenvalue weighted by Crippen LogP contribution is 2.30. The fraction of sp³-hybridized carbons (Fsp3) is 0.174. The number of amides is 1. The number of benzene rings is 2. The highest BCUT2D eigenvalue weighted by atomic mass is 16.6. The fourth-order valence-electron chi connectivity index (χ4n) is 2.94. The Hall–Kier alpha value is -4.07. The van der Waals surface area contributed by atoms with E-state index in [0.29, 0.717) is 35.2 Å². The number of hydrogen-bond acceptors (Lipinski definition) is 7. The Labute approximate surface area is 178 Å². The summed E-state index contributed by atoms with van der Waals surface area (Å²) in [5.41, 5.74) is 3.69. The van der Waals surface area contributed by atoms with E-state index < -0.39 is 12.0 Å². The maximum atomic E-state index is 12.3. The summed E-state index contributed by atoms with van der Waals surface area (Å²) in [6.07, 6.45) is 0.601. The molecule has 158 valence electrons. The first kappa shape index (κ1) is 20.2. The zero-order valence-electron chi connectivity index (χ0n) is 16.7. The van der Waals surface area contributed by atoms with Gasteiger partial charge in [-0.25, -0.2) is 10.2 Å². The largest absolute Gasteiger partial charge is 0.485 e. The molecule has 1 atom stereocenters. The van der Waals surface area contributed by atoms with Crippen LogP contribution in [0.1, 0.15) is 23.0 Å². The standard InChI is InChI=1S/C23H20N2O6/c1-2-28-23(27)16-9-7-15(8-10-16)18-12-11-17(30-18)13-24-25-22(26)21-14-29-19-5-3-4-6-20(19)31-21/h3-13,21H,2,14H2,1H3,(H,25,26)/t21-/m1/s1. The Morgan fingerprint density at radius 1 is 1.10 bits per heavy atom. The van der Waals surface area contributed by atoms with Crippen molar-refractivity contribution in [1.29, 1.82) is 0 Å². The van der Waals surface area contributed by atoms with Gasteiger partial charge in [0.05, 0.1) is 18.4 Å². The molecule has 0 unspecified atom stereocenters. The van der Waals surface area contributed by atoms with E-state index in [1.165, 1.54) is 6.21 Å². The van der Waals surface area contributed by atoms with Crippen molar-refractivity contribution in [2.45, 2.75) is 13.0 Å². The molecule has 0 aliphatic carbocycles. The number of carbonyl (C=O) groups excluding carboxylic acids is 2. The lowest BCUT2D eigenvalue weighted by molar-refractivity contribution is -0.130. The lowest BCUT2D eigenvalue weighted by Gasteiger charge is -2.24. The van der Waals surface area contributed by atoms with E-state index in [0.717, 1.165) is 5.56 Å². The first-order chi connectivity index (χ1) is 15.1. The first-order valence-corrected chi connectivity index (χ1v) is 9.73.